The summed E-state index contributed by atoms with van der Waals surface area (Å²) < 4.78 is 1.50. The van der Waals surface area contributed by atoms with Gasteiger partial charge in [-0.2, -0.15) is 21.1 Å². The van der Waals surface area contributed by atoms with Gasteiger partial charge >= 0.3 is 5.82 Å². The molecule has 0 amide bonds. The molecule has 8 heteroatoms. The van der Waals surface area contributed by atoms with Crippen molar-refractivity contribution in [1.82, 2.24) is 9.38 Å². The number of anilines is 1. The highest BCUT2D eigenvalue weighted by Crippen LogP contribution is 2.28. The van der Waals surface area contributed by atoms with Crippen LogP contribution in [0.2, 0.25) is 0 Å². The van der Waals surface area contributed by atoms with Gasteiger partial charge in [-0.3, -0.25) is 0 Å². The lowest BCUT2D eigenvalue weighted by Crippen LogP contribution is -2.09. The molecule has 18 heavy (non-hydrogen) atoms. The van der Waals surface area contributed by atoms with E-state index in [0.717, 1.165) is 6.42 Å². The minimum atomic E-state index is -0.396. The number of aromatic nitrogens is 2. The Morgan fingerprint density at radius 1 is 1.72 bits per heavy atom. The minimum absolute atomic E-state index is 0.0167. The number of hydrogen-bond acceptors (Lipinski definition) is 6. The first-order chi connectivity index (χ1) is 8.63. The lowest BCUT2D eigenvalue weighted by Gasteiger charge is -2.08. The highest BCUT2D eigenvalue weighted by Gasteiger charge is 2.23. The number of thiazole rings is 1. The Morgan fingerprint density at radius 2 is 2.50 bits per heavy atom. The first-order valence-electron chi connectivity index (χ1n) is 5.50. The summed E-state index contributed by atoms with van der Waals surface area (Å²) >= 11 is 3.17. The molecule has 0 aromatic carbocycles. The number of rotatable bonds is 6. The number of imidazole rings is 1. The minimum Gasteiger partial charge on any atom is -0.363 e. The summed E-state index contributed by atoms with van der Waals surface area (Å²) in [5.41, 5.74) is 0. The first-order valence-corrected chi connectivity index (χ1v) is 7.67. The SMILES string of the molecule is CSC(C)CCNc1nc2sccn2c1[N+](=O)[O-]. The van der Waals surface area contributed by atoms with Crippen molar-refractivity contribution in [2.45, 2.75) is 18.6 Å². The zero-order valence-corrected chi connectivity index (χ0v) is 11.8. The molecule has 0 aliphatic rings. The van der Waals surface area contributed by atoms with Gasteiger partial charge in [0.15, 0.2) is 0 Å². The predicted molar refractivity (Wildman–Crippen MR) is 75.8 cm³/mol. The standard InChI is InChI=1S/C10H14N4O2S2/c1-7(17-2)3-4-11-8-9(14(15)16)13-5-6-18-10(13)12-8/h5-7,11H,3-4H2,1-2H3. The van der Waals surface area contributed by atoms with Crippen molar-refractivity contribution in [3.05, 3.63) is 21.7 Å². The van der Waals surface area contributed by atoms with Crippen molar-refractivity contribution in [2.75, 3.05) is 18.1 Å². The molecule has 0 saturated heterocycles. The molecule has 0 spiro atoms. The quantitative estimate of drug-likeness (QED) is 0.653. The van der Waals surface area contributed by atoms with Crippen LogP contribution in [0, 0.1) is 10.1 Å². The fourth-order valence-electron chi connectivity index (χ4n) is 1.58. The van der Waals surface area contributed by atoms with Gasteiger partial charge in [-0.25, -0.2) is 0 Å². The van der Waals surface area contributed by atoms with Crippen LogP contribution in [0.3, 0.4) is 0 Å². The molecular formula is C10H14N4O2S2. The average molecular weight is 286 g/mol. The van der Waals surface area contributed by atoms with Crippen LogP contribution in [0.1, 0.15) is 13.3 Å². The van der Waals surface area contributed by atoms with Crippen LogP contribution < -0.4 is 5.32 Å². The van der Waals surface area contributed by atoms with E-state index in [0.29, 0.717) is 22.6 Å². The third-order valence-corrected chi connectivity index (χ3v) is 4.45. The van der Waals surface area contributed by atoms with Gasteiger partial charge in [0, 0.05) is 17.2 Å². The van der Waals surface area contributed by atoms with Gasteiger partial charge in [0.1, 0.15) is 6.20 Å². The molecule has 0 fully saturated rings. The van der Waals surface area contributed by atoms with Gasteiger partial charge in [-0.15, -0.1) is 0 Å². The maximum absolute atomic E-state index is 11.1. The summed E-state index contributed by atoms with van der Waals surface area (Å²) in [6, 6.07) is 0. The number of hydrogen-bond donors (Lipinski definition) is 1. The summed E-state index contributed by atoms with van der Waals surface area (Å²) in [4.78, 5) is 15.5. The highest BCUT2D eigenvalue weighted by atomic mass is 32.2. The van der Waals surface area contributed by atoms with Crippen LogP contribution in [0.5, 0.6) is 0 Å². The van der Waals surface area contributed by atoms with E-state index in [1.165, 1.54) is 15.7 Å². The third-order valence-electron chi connectivity index (χ3n) is 2.66. The second-order valence-corrected chi connectivity index (χ2v) is 6.01. The van der Waals surface area contributed by atoms with Gasteiger partial charge in [-0.1, -0.05) is 18.3 Å². The van der Waals surface area contributed by atoms with Crippen molar-refractivity contribution in [3.63, 3.8) is 0 Å². The summed E-state index contributed by atoms with van der Waals surface area (Å²) in [6.07, 6.45) is 4.67. The number of thioether (sulfide) groups is 1. The Kier molecular flexibility index (Phi) is 4.07. The Balaban J connectivity index is 2.14. The van der Waals surface area contributed by atoms with E-state index in [1.54, 1.807) is 23.3 Å². The number of fused-ring (bicyclic) bond motifs is 1. The van der Waals surface area contributed by atoms with E-state index in [-0.39, 0.29) is 5.82 Å². The summed E-state index contributed by atoms with van der Waals surface area (Å²) in [7, 11) is 0. The average Bonchev–Trinajstić information content (AvgIpc) is 2.87. The lowest BCUT2D eigenvalue weighted by molar-refractivity contribution is -0.389. The Labute approximate surface area is 113 Å². The van der Waals surface area contributed by atoms with Crippen molar-refractivity contribution in [2.24, 2.45) is 0 Å². The topological polar surface area (TPSA) is 72.5 Å². The van der Waals surface area contributed by atoms with E-state index < -0.39 is 4.92 Å². The summed E-state index contributed by atoms with van der Waals surface area (Å²) in [5, 5.41) is 16.4. The van der Waals surface area contributed by atoms with Crippen molar-refractivity contribution < 1.29 is 4.92 Å². The van der Waals surface area contributed by atoms with Gasteiger partial charge in [0.2, 0.25) is 5.82 Å². The van der Waals surface area contributed by atoms with Crippen LogP contribution in [0.15, 0.2) is 11.6 Å². The number of nitrogens with zero attached hydrogens (tertiary/aromatic N) is 3. The molecule has 0 saturated carbocycles. The van der Waals surface area contributed by atoms with Crippen LogP contribution >= 0.6 is 23.1 Å². The molecule has 0 bridgehead atoms. The summed E-state index contributed by atoms with van der Waals surface area (Å²) in [5.74, 6) is 0.378. The molecule has 2 aromatic rings. The molecule has 1 unspecified atom stereocenters. The lowest BCUT2D eigenvalue weighted by atomic mass is 10.3. The van der Waals surface area contributed by atoms with E-state index in [1.807, 2.05) is 0 Å². The van der Waals surface area contributed by atoms with E-state index in [2.05, 4.69) is 23.5 Å². The number of nitro groups is 1. The molecule has 0 aliphatic carbocycles. The van der Waals surface area contributed by atoms with Crippen molar-refractivity contribution in [3.8, 4) is 0 Å². The van der Waals surface area contributed by atoms with E-state index in [9.17, 15) is 10.1 Å². The molecule has 2 heterocycles. The molecule has 0 aliphatic heterocycles. The second kappa shape index (κ2) is 5.57. The molecule has 0 radical (unpaired) electrons. The summed E-state index contributed by atoms with van der Waals surface area (Å²) in [6.45, 7) is 2.82. The first kappa shape index (κ1) is 13.2. The molecular weight excluding hydrogens is 272 g/mol. The van der Waals surface area contributed by atoms with Gasteiger partial charge < -0.3 is 15.4 Å². The normalized spacial score (nSPS) is 12.8. The fraction of sp³-hybridized carbons (Fsp3) is 0.500. The largest absolute Gasteiger partial charge is 0.372 e. The molecule has 98 valence electrons. The maximum atomic E-state index is 11.1. The predicted octanol–water partition coefficient (Wildman–Crippen LogP) is 2.86. The van der Waals surface area contributed by atoms with Gasteiger partial charge in [0.25, 0.3) is 4.96 Å². The Hall–Kier alpha value is -1.28. The van der Waals surface area contributed by atoms with E-state index >= 15 is 0 Å². The molecule has 1 atom stereocenters. The fourth-order valence-corrected chi connectivity index (χ4v) is 2.64. The van der Waals surface area contributed by atoms with E-state index in [4.69, 9.17) is 0 Å². The maximum Gasteiger partial charge on any atom is 0.372 e. The molecule has 1 N–H and O–H groups in total. The highest BCUT2D eigenvalue weighted by molar-refractivity contribution is 7.99. The Morgan fingerprint density at radius 3 is 3.17 bits per heavy atom. The Bertz CT molecular complexity index is 551. The molecule has 2 rings (SSSR count). The van der Waals surface area contributed by atoms with Crippen LogP contribution in [-0.2, 0) is 0 Å². The van der Waals surface area contributed by atoms with Crippen molar-refractivity contribution >= 4 is 39.7 Å². The van der Waals surface area contributed by atoms with Gasteiger partial charge in [0.05, 0.1) is 0 Å². The zero-order chi connectivity index (χ0) is 13.1. The zero-order valence-electron chi connectivity index (χ0n) is 10.1. The smallest absolute Gasteiger partial charge is 0.363 e. The van der Waals surface area contributed by atoms with Crippen LogP contribution in [0.25, 0.3) is 4.96 Å². The van der Waals surface area contributed by atoms with Crippen LogP contribution in [-0.4, -0.2) is 32.4 Å². The van der Waals surface area contributed by atoms with Crippen molar-refractivity contribution in [1.29, 1.82) is 0 Å². The molecule has 2 aromatic heterocycles. The number of nitrogens with one attached hydrogen (secondary N) is 1. The monoisotopic (exact) mass is 286 g/mol. The molecule has 6 nitrogen and oxygen atoms in total. The van der Waals surface area contributed by atoms with Gasteiger partial charge in [-0.05, 0) is 17.6 Å². The van der Waals surface area contributed by atoms with Crippen LogP contribution in [0.4, 0.5) is 11.6 Å². The third kappa shape index (κ3) is 2.59. The second-order valence-electron chi connectivity index (χ2n) is 3.86.